The van der Waals surface area contributed by atoms with Crippen LogP contribution in [0.1, 0.15) is 50.0 Å². The van der Waals surface area contributed by atoms with E-state index in [0.29, 0.717) is 5.92 Å². The van der Waals surface area contributed by atoms with E-state index in [2.05, 4.69) is 4.90 Å². The van der Waals surface area contributed by atoms with Gasteiger partial charge in [0.1, 0.15) is 11.6 Å². The Hall–Kier alpha value is -1.09. The number of benzene rings is 1. The Morgan fingerprint density at radius 1 is 1.09 bits per heavy atom. The lowest BCUT2D eigenvalue weighted by atomic mass is 9.86. The minimum absolute atomic E-state index is 0.208. The van der Waals surface area contributed by atoms with Gasteiger partial charge in [-0.15, -0.1) is 0 Å². The molecule has 1 aliphatic heterocycles. The summed E-state index contributed by atoms with van der Waals surface area (Å²) in [6.07, 6.45) is 8.21. The average molecular weight is 303 g/mol. The van der Waals surface area contributed by atoms with E-state index in [0.717, 1.165) is 23.6 Å². The van der Waals surface area contributed by atoms with Crippen LogP contribution in [-0.4, -0.2) is 31.1 Å². The highest BCUT2D eigenvalue weighted by atomic mass is 19.1. The predicted octanol–water partition coefficient (Wildman–Crippen LogP) is 4.20. The molecule has 1 saturated heterocycles. The van der Waals surface area contributed by atoms with Gasteiger partial charge in [-0.3, -0.25) is 0 Å². The van der Waals surface area contributed by atoms with Crippen molar-refractivity contribution in [2.45, 2.75) is 50.5 Å². The molecule has 2 unspecified atom stereocenters. The number of rotatable bonds is 3. The zero-order valence-electron chi connectivity index (χ0n) is 13.4. The summed E-state index contributed by atoms with van der Waals surface area (Å²) in [6.45, 7) is 2.39. The van der Waals surface area contributed by atoms with E-state index in [1.807, 2.05) is 6.07 Å². The zero-order valence-corrected chi connectivity index (χ0v) is 13.4. The number of piperidine rings is 1. The summed E-state index contributed by atoms with van der Waals surface area (Å²) < 4.78 is 18.8. The third kappa shape index (κ3) is 2.54. The maximum Gasteiger partial charge on any atom is 0.126 e. The van der Waals surface area contributed by atoms with Crippen LogP contribution in [0.2, 0.25) is 0 Å². The highest BCUT2D eigenvalue weighted by Gasteiger charge is 2.42. The first-order valence-corrected chi connectivity index (χ1v) is 8.82. The maximum atomic E-state index is 13.4. The third-order valence-corrected chi connectivity index (χ3v) is 6.33. The Labute approximate surface area is 132 Å². The quantitative estimate of drug-likeness (QED) is 0.829. The standard InChI is InChI=1S/C19H26FNO/c1-22-19-12-16(20)4-5-17(19)14-6-8-21(9-7-14)18-11-13-2-3-15(18)10-13/h4-5,12-15,18H,2-3,6-11H2,1H3/t13?,15?,18-/m1/s1. The molecule has 2 nitrogen and oxygen atoms in total. The van der Waals surface area contributed by atoms with Gasteiger partial charge in [-0.1, -0.05) is 12.5 Å². The molecule has 0 aromatic heterocycles. The molecule has 3 fully saturated rings. The predicted molar refractivity (Wildman–Crippen MR) is 85.7 cm³/mol. The molecule has 1 aromatic carbocycles. The van der Waals surface area contributed by atoms with Crippen LogP contribution in [0.3, 0.4) is 0 Å². The van der Waals surface area contributed by atoms with E-state index in [-0.39, 0.29) is 5.82 Å². The molecule has 1 aromatic rings. The van der Waals surface area contributed by atoms with Crippen molar-refractivity contribution in [3.8, 4) is 5.75 Å². The smallest absolute Gasteiger partial charge is 0.126 e. The Morgan fingerprint density at radius 3 is 2.55 bits per heavy atom. The van der Waals surface area contributed by atoms with E-state index in [1.54, 1.807) is 13.2 Å². The molecule has 0 spiro atoms. The van der Waals surface area contributed by atoms with Crippen molar-refractivity contribution in [1.29, 1.82) is 0 Å². The van der Waals surface area contributed by atoms with Crippen LogP contribution >= 0.6 is 0 Å². The molecule has 0 amide bonds. The molecule has 4 rings (SSSR count). The van der Waals surface area contributed by atoms with Crippen molar-refractivity contribution >= 4 is 0 Å². The van der Waals surface area contributed by atoms with Gasteiger partial charge in [0.2, 0.25) is 0 Å². The molecule has 2 bridgehead atoms. The minimum atomic E-state index is -0.208. The van der Waals surface area contributed by atoms with E-state index in [1.165, 1.54) is 63.2 Å². The Morgan fingerprint density at radius 2 is 1.91 bits per heavy atom. The first-order chi connectivity index (χ1) is 10.7. The van der Waals surface area contributed by atoms with Gasteiger partial charge < -0.3 is 9.64 Å². The lowest BCUT2D eigenvalue weighted by Gasteiger charge is -2.40. The summed E-state index contributed by atoms with van der Waals surface area (Å²) in [5, 5.41) is 0. The molecule has 120 valence electrons. The van der Waals surface area contributed by atoms with E-state index in [9.17, 15) is 4.39 Å². The van der Waals surface area contributed by atoms with Crippen LogP contribution in [0.5, 0.6) is 5.75 Å². The molecule has 3 heteroatoms. The lowest BCUT2D eigenvalue weighted by Crippen LogP contribution is -2.43. The summed E-state index contributed by atoms with van der Waals surface area (Å²) in [6, 6.07) is 5.87. The van der Waals surface area contributed by atoms with E-state index < -0.39 is 0 Å². The van der Waals surface area contributed by atoms with Crippen LogP contribution in [0.4, 0.5) is 4.39 Å². The number of halogens is 1. The fourth-order valence-corrected chi connectivity index (χ4v) is 5.22. The molecule has 2 saturated carbocycles. The van der Waals surface area contributed by atoms with Gasteiger partial charge in [0.05, 0.1) is 7.11 Å². The first-order valence-electron chi connectivity index (χ1n) is 8.82. The summed E-state index contributed by atoms with van der Waals surface area (Å²) >= 11 is 0. The summed E-state index contributed by atoms with van der Waals surface area (Å²) in [5.41, 5.74) is 1.19. The van der Waals surface area contributed by atoms with Crippen LogP contribution in [0, 0.1) is 17.7 Å². The molecule has 1 heterocycles. The first kappa shape index (κ1) is 14.5. The Kier molecular flexibility index (Phi) is 3.85. The van der Waals surface area contributed by atoms with Gasteiger partial charge in [-0.2, -0.15) is 0 Å². The minimum Gasteiger partial charge on any atom is -0.496 e. The molecular weight excluding hydrogens is 277 g/mol. The SMILES string of the molecule is COc1cc(F)ccc1C1CCN([C@@H]2CC3CCC2C3)CC1. The van der Waals surface area contributed by atoms with Gasteiger partial charge in [0.15, 0.2) is 0 Å². The summed E-state index contributed by atoms with van der Waals surface area (Å²) in [7, 11) is 1.64. The highest BCUT2D eigenvalue weighted by molar-refractivity contribution is 5.37. The van der Waals surface area contributed by atoms with Crippen molar-refractivity contribution in [3.05, 3.63) is 29.6 Å². The zero-order chi connectivity index (χ0) is 15.1. The molecule has 0 N–H and O–H groups in total. The van der Waals surface area contributed by atoms with E-state index >= 15 is 0 Å². The molecule has 2 aliphatic carbocycles. The van der Waals surface area contributed by atoms with Gasteiger partial charge in [-0.25, -0.2) is 4.39 Å². The fourth-order valence-electron chi connectivity index (χ4n) is 5.22. The van der Waals surface area contributed by atoms with E-state index in [4.69, 9.17) is 4.74 Å². The average Bonchev–Trinajstić information content (AvgIpc) is 3.18. The summed E-state index contributed by atoms with van der Waals surface area (Å²) in [5.74, 6) is 3.02. The second-order valence-electron chi connectivity index (χ2n) is 7.44. The normalized spacial score (nSPS) is 32.5. The van der Waals surface area contributed by atoms with Crippen molar-refractivity contribution in [3.63, 3.8) is 0 Å². The van der Waals surface area contributed by atoms with Gasteiger partial charge in [0, 0.05) is 12.1 Å². The largest absolute Gasteiger partial charge is 0.496 e. The number of hydrogen-bond acceptors (Lipinski definition) is 2. The van der Waals surface area contributed by atoms with Crippen LogP contribution < -0.4 is 4.74 Å². The topological polar surface area (TPSA) is 12.5 Å². The second kappa shape index (κ2) is 5.84. The number of ether oxygens (including phenoxy) is 1. The molecule has 3 aliphatic rings. The molecule has 0 radical (unpaired) electrons. The molecule has 3 atom stereocenters. The van der Waals surface area contributed by atoms with Gasteiger partial charge in [-0.05, 0) is 74.6 Å². The fraction of sp³-hybridized carbons (Fsp3) is 0.684. The second-order valence-corrected chi connectivity index (χ2v) is 7.44. The molecular formula is C19H26FNO. The van der Waals surface area contributed by atoms with Crippen molar-refractivity contribution in [2.24, 2.45) is 11.8 Å². The molecule has 22 heavy (non-hydrogen) atoms. The Bertz CT molecular complexity index is 538. The van der Waals surface area contributed by atoms with Crippen LogP contribution in [-0.2, 0) is 0 Å². The van der Waals surface area contributed by atoms with Gasteiger partial charge >= 0.3 is 0 Å². The third-order valence-electron chi connectivity index (χ3n) is 6.33. The maximum absolute atomic E-state index is 13.4. The van der Waals surface area contributed by atoms with Crippen LogP contribution in [0.25, 0.3) is 0 Å². The summed E-state index contributed by atoms with van der Waals surface area (Å²) in [4.78, 5) is 2.75. The van der Waals surface area contributed by atoms with Gasteiger partial charge in [0.25, 0.3) is 0 Å². The Balaban J connectivity index is 1.42. The van der Waals surface area contributed by atoms with Crippen LogP contribution in [0.15, 0.2) is 18.2 Å². The number of hydrogen-bond donors (Lipinski definition) is 0. The number of likely N-dealkylation sites (tertiary alicyclic amines) is 1. The van der Waals surface area contributed by atoms with Crippen molar-refractivity contribution in [1.82, 2.24) is 4.90 Å². The number of methoxy groups -OCH3 is 1. The van der Waals surface area contributed by atoms with Crippen molar-refractivity contribution < 1.29 is 9.13 Å². The van der Waals surface area contributed by atoms with Crippen molar-refractivity contribution in [2.75, 3.05) is 20.2 Å². The monoisotopic (exact) mass is 303 g/mol. The highest BCUT2D eigenvalue weighted by Crippen LogP contribution is 2.47. The number of nitrogens with zero attached hydrogens (tertiary/aromatic N) is 1. The lowest BCUT2D eigenvalue weighted by molar-refractivity contribution is 0.110. The number of fused-ring (bicyclic) bond motifs is 2.